The molecule has 0 atom stereocenters. The summed E-state index contributed by atoms with van der Waals surface area (Å²) in [4.78, 5) is 0. The molecule has 0 fully saturated rings. The highest BCUT2D eigenvalue weighted by Gasteiger charge is 2.22. The Morgan fingerprint density at radius 2 is 1.94 bits per heavy atom. The zero-order chi connectivity index (χ0) is 12.7. The predicted octanol–water partition coefficient (Wildman–Crippen LogP) is 1.93. The van der Waals surface area contributed by atoms with E-state index in [4.69, 9.17) is 5.11 Å². The lowest BCUT2D eigenvalue weighted by Crippen LogP contribution is -2.42. The molecular weight excluding hydrogens is 214 g/mol. The molecule has 4 nitrogen and oxygen atoms in total. The van der Waals surface area contributed by atoms with Crippen molar-refractivity contribution in [3.8, 4) is 0 Å². The van der Waals surface area contributed by atoms with Gasteiger partial charge in [-0.15, -0.1) is 0 Å². The van der Waals surface area contributed by atoms with Crippen LogP contribution in [-0.4, -0.2) is 27.0 Å². The Morgan fingerprint density at radius 3 is 2.47 bits per heavy atom. The van der Waals surface area contributed by atoms with Gasteiger partial charge in [-0.05, 0) is 19.3 Å². The van der Waals surface area contributed by atoms with E-state index in [0.717, 1.165) is 25.8 Å². The molecule has 0 spiro atoms. The maximum atomic E-state index is 8.83. The average Bonchev–Trinajstić information content (AvgIpc) is 2.80. The first-order valence-electron chi connectivity index (χ1n) is 6.57. The van der Waals surface area contributed by atoms with Gasteiger partial charge in [0.1, 0.15) is 0 Å². The van der Waals surface area contributed by atoms with Crippen molar-refractivity contribution in [3.63, 3.8) is 0 Å². The second kappa shape index (κ2) is 6.77. The Kier molecular flexibility index (Phi) is 5.65. The van der Waals surface area contributed by atoms with E-state index >= 15 is 0 Å². The van der Waals surface area contributed by atoms with Crippen molar-refractivity contribution in [2.45, 2.75) is 58.7 Å². The zero-order valence-corrected chi connectivity index (χ0v) is 11.2. The van der Waals surface area contributed by atoms with Crippen LogP contribution in [0.3, 0.4) is 0 Å². The number of aliphatic hydroxyl groups is 1. The van der Waals surface area contributed by atoms with Crippen LogP contribution in [0.4, 0.5) is 0 Å². The minimum Gasteiger partial charge on any atom is -0.394 e. The van der Waals surface area contributed by atoms with E-state index in [1.54, 1.807) is 4.68 Å². The summed E-state index contributed by atoms with van der Waals surface area (Å²) in [5, 5.41) is 16.7. The summed E-state index contributed by atoms with van der Waals surface area (Å²) in [7, 11) is 0. The van der Waals surface area contributed by atoms with E-state index in [0.29, 0.717) is 6.54 Å². The van der Waals surface area contributed by atoms with Gasteiger partial charge in [0, 0.05) is 23.8 Å². The summed E-state index contributed by atoms with van der Waals surface area (Å²) in [6, 6.07) is 0. The number of rotatable bonds is 8. The van der Waals surface area contributed by atoms with Gasteiger partial charge in [0.05, 0.1) is 19.3 Å². The van der Waals surface area contributed by atoms with Crippen LogP contribution >= 0.6 is 0 Å². The summed E-state index contributed by atoms with van der Waals surface area (Å²) in [5.41, 5.74) is 1.43. The Hall–Kier alpha value is -0.870. The molecule has 0 saturated heterocycles. The highest BCUT2D eigenvalue weighted by Crippen LogP contribution is 2.19. The van der Waals surface area contributed by atoms with Crippen LogP contribution in [-0.2, 0) is 13.1 Å². The van der Waals surface area contributed by atoms with Gasteiger partial charge in [0.2, 0.25) is 0 Å². The maximum absolute atomic E-state index is 8.83. The number of aliphatic hydroxyl groups excluding tert-OH is 1. The molecule has 1 rings (SSSR count). The molecule has 2 N–H and O–H groups in total. The summed E-state index contributed by atoms with van der Waals surface area (Å²) in [6.45, 7) is 8.25. The topological polar surface area (TPSA) is 50.1 Å². The van der Waals surface area contributed by atoms with Gasteiger partial charge in [0.25, 0.3) is 0 Å². The predicted molar refractivity (Wildman–Crippen MR) is 69.8 cm³/mol. The second-order valence-corrected chi connectivity index (χ2v) is 4.53. The largest absolute Gasteiger partial charge is 0.394 e. The molecule has 0 aromatic carbocycles. The van der Waals surface area contributed by atoms with Crippen LogP contribution in [0.25, 0.3) is 0 Å². The zero-order valence-electron chi connectivity index (χ0n) is 11.2. The van der Waals surface area contributed by atoms with E-state index in [1.165, 1.54) is 5.56 Å². The average molecular weight is 239 g/mol. The lowest BCUT2D eigenvalue weighted by atomic mass is 9.90. The van der Waals surface area contributed by atoms with Crippen LogP contribution in [0, 0.1) is 0 Å². The third-order valence-corrected chi connectivity index (χ3v) is 3.71. The molecule has 1 heterocycles. The fourth-order valence-electron chi connectivity index (χ4n) is 2.14. The van der Waals surface area contributed by atoms with E-state index < -0.39 is 0 Å². The summed E-state index contributed by atoms with van der Waals surface area (Å²) < 4.78 is 1.78. The van der Waals surface area contributed by atoms with E-state index in [1.807, 2.05) is 12.4 Å². The quantitative estimate of drug-likeness (QED) is 0.729. The first kappa shape index (κ1) is 14.2. The number of aromatic nitrogens is 2. The van der Waals surface area contributed by atoms with E-state index in [2.05, 4.69) is 31.2 Å². The molecule has 1 aromatic heterocycles. The number of nitrogens with one attached hydrogen (secondary N) is 1. The van der Waals surface area contributed by atoms with Gasteiger partial charge in [-0.2, -0.15) is 5.10 Å². The van der Waals surface area contributed by atoms with Crippen LogP contribution < -0.4 is 5.32 Å². The molecule has 0 aliphatic rings. The van der Waals surface area contributed by atoms with Crippen molar-refractivity contribution in [3.05, 3.63) is 18.0 Å². The van der Waals surface area contributed by atoms with Gasteiger partial charge in [-0.25, -0.2) is 0 Å². The lowest BCUT2D eigenvalue weighted by Gasteiger charge is -2.31. The van der Waals surface area contributed by atoms with Gasteiger partial charge < -0.3 is 10.4 Å². The SMILES string of the molecule is CCC(CC)(CC)NCc1cnn(CCO)c1. The molecular formula is C13H25N3O. The summed E-state index contributed by atoms with van der Waals surface area (Å²) in [5.74, 6) is 0. The fraction of sp³-hybridized carbons (Fsp3) is 0.769. The Labute approximate surface area is 104 Å². The molecule has 1 aromatic rings. The monoisotopic (exact) mass is 239 g/mol. The normalized spacial score (nSPS) is 12.0. The Morgan fingerprint density at radius 1 is 1.29 bits per heavy atom. The number of hydrogen-bond donors (Lipinski definition) is 2. The smallest absolute Gasteiger partial charge is 0.0640 e. The minimum absolute atomic E-state index is 0.136. The first-order chi connectivity index (χ1) is 8.19. The molecule has 0 saturated carbocycles. The van der Waals surface area contributed by atoms with Crippen LogP contribution in [0.15, 0.2) is 12.4 Å². The summed E-state index contributed by atoms with van der Waals surface area (Å²) >= 11 is 0. The molecule has 98 valence electrons. The van der Waals surface area contributed by atoms with Crippen LogP contribution in [0.5, 0.6) is 0 Å². The minimum atomic E-state index is 0.136. The van der Waals surface area contributed by atoms with Crippen molar-refractivity contribution in [2.75, 3.05) is 6.61 Å². The van der Waals surface area contributed by atoms with Crippen LogP contribution in [0.1, 0.15) is 45.6 Å². The van der Waals surface area contributed by atoms with Gasteiger partial charge in [0.15, 0.2) is 0 Å². The highest BCUT2D eigenvalue weighted by molar-refractivity contribution is 5.04. The number of nitrogens with zero attached hydrogens (tertiary/aromatic N) is 2. The summed E-state index contributed by atoms with van der Waals surface area (Å²) in [6.07, 6.45) is 7.30. The van der Waals surface area contributed by atoms with Gasteiger partial charge >= 0.3 is 0 Å². The second-order valence-electron chi connectivity index (χ2n) is 4.53. The van der Waals surface area contributed by atoms with Gasteiger partial charge in [-0.1, -0.05) is 20.8 Å². The van der Waals surface area contributed by atoms with Crippen molar-refractivity contribution in [2.24, 2.45) is 0 Å². The Bertz CT molecular complexity index is 310. The molecule has 0 amide bonds. The third-order valence-electron chi connectivity index (χ3n) is 3.71. The van der Waals surface area contributed by atoms with Crippen molar-refractivity contribution in [1.29, 1.82) is 0 Å². The van der Waals surface area contributed by atoms with Gasteiger partial charge in [-0.3, -0.25) is 4.68 Å². The third kappa shape index (κ3) is 3.82. The molecule has 0 unspecified atom stereocenters. The Balaban J connectivity index is 2.53. The molecule has 0 aliphatic heterocycles. The number of hydrogen-bond acceptors (Lipinski definition) is 3. The molecule has 0 aliphatic carbocycles. The van der Waals surface area contributed by atoms with E-state index in [9.17, 15) is 0 Å². The fourth-order valence-corrected chi connectivity index (χ4v) is 2.14. The van der Waals surface area contributed by atoms with Crippen molar-refractivity contribution in [1.82, 2.24) is 15.1 Å². The first-order valence-corrected chi connectivity index (χ1v) is 6.57. The highest BCUT2D eigenvalue weighted by atomic mass is 16.3. The molecule has 4 heteroatoms. The maximum Gasteiger partial charge on any atom is 0.0640 e. The lowest BCUT2D eigenvalue weighted by molar-refractivity contribution is 0.269. The van der Waals surface area contributed by atoms with Crippen molar-refractivity contribution >= 4 is 0 Å². The molecule has 0 radical (unpaired) electrons. The molecule has 17 heavy (non-hydrogen) atoms. The van der Waals surface area contributed by atoms with E-state index in [-0.39, 0.29) is 12.1 Å². The van der Waals surface area contributed by atoms with Crippen LogP contribution in [0.2, 0.25) is 0 Å². The standard InChI is InChI=1S/C13H25N3O/c1-4-13(5-2,6-3)14-9-12-10-15-16(11-12)7-8-17/h10-11,14,17H,4-9H2,1-3H3. The van der Waals surface area contributed by atoms with Crippen molar-refractivity contribution < 1.29 is 5.11 Å². The molecule has 0 bridgehead atoms.